The highest BCUT2D eigenvalue weighted by molar-refractivity contribution is 5.85. The summed E-state index contributed by atoms with van der Waals surface area (Å²) < 4.78 is 0. The van der Waals surface area contributed by atoms with Gasteiger partial charge in [-0.1, -0.05) is 31.2 Å². The lowest BCUT2D eigenvalue weighted by Crippen LogP contribution is -2.45. The van der Waals surface area contributed by atoms with Crippen LogP contribution in [0.4, 0.5) is 0 Å². The van der Waals surface area contributed by atoms with Crippen molar-refractivity contribution in [2.45, 2.75) is 39.7 Å². The van der Waals surface area contributed by atoms with E-state index in [0.29, 0.717) is 13.1 Å². The van der Waals surface area contributed by atoms with E-state index in [0.717, 1.165) is 25.9 Å². The molecule has 0 spiro atoms. The first-order valence-electron chi connectivity index (χ1n) is 8.21. The van der Waals surface area contributed by atoms with E-state index in [1.807, 2.05) is 19.1 Å². The fraction of sp³-hybridized carbons (Fsp3) is 0.611. The molecule has 130 valence electrons. The number of nitrogens with two attached hydrogens (primary N) is 1. The van der Waals surface area contributed by atoms with E-state index in [-0.39, 0.29) is 29.8 Å². The van der Waals surface area contributed by atoms with Crippen LogP contribution in [-0.2, 0) is 11.2 Å². The second-order valence-electron chi connectivity index (χ2n) is 6.88. The van der Waals surface area contributed by atoms with Crippen molar-refractivity contribution in [3.05, 3.63) is 35.4 Å². The number of likely N-dealkylation sites (tertiary alicyclic amines) is 1. The van der Waals surface area contributed by atoms with Crippen molar-refractivity contribution in [3.8, 4) is 0 Å². The summed E-state index contributed by atoms with van der Waals surface area (Å²) in [6.07, 6.45) is 1.95. The third-order valence-corrected chi connectivity index (χ3v) is 4.96. The number of halogens is 1. The Balaban J connectivity index is 0.00000264. The Morgan fingerprint density at radius 2 is 2.13 bits per heavy atom. The van der Waals surface area contributed by atoms with Crippen LogP contribution < -0.4 is 11.1 Å². The summed E-state index contributed by atoms with van der Waals surface area (Å²) in [7, 11) is 0. The number of rotatable bonds is 6. The molecule has 0 aromatic heterocycles. The number of carbonyl (C=O) groups is 1. The van der Waals surface area contributed by atoms with E-state index in [9.17, 15) is 4.79 Å². The van der Waals surface area contributed by atoms with Crippen LogP contribution in [0.1, 0.15) is 31.4 Å². The van der Waals surface area contributed by atoms with Crippen LogP contribution in [0.2, 0.25) is 0 Å². The molecule has 23 heavy (non-hydrogen) atoms. The number of carbonyl (C=O) groups excluding carboxylic acids is 1. The highest BCUT2D eigenvalue weighted by Crippen LogP contribution is 2.29. The second kappa shape index (κ2) is 8.67. The van der Waals surface area contributed by atoms with Crippen LogP contribution in [0, 0.1) is 12.3 Å². The van der Waals surface area contributed by atoms with Gasteiger partial charge in [-0.2, -0.15) is 0 Å². The summed E-state index contributed by atoms with van der Waals surface area (Å²) in [6, 6.07) is 8.24. The predicted molar refractivity (Wildman–Crippen MR) is 98.0 cm³/mol. The maximum absolute atomic E-state index is 12.3. The third kappa shape index (κ3) is 5.20. The van der Waals surface area contributed by atoms with Gasteiger partial charge in [0.05, 0.1) is 6.04 Å². The Morgan fingerprint density at radius 3 is 2.74 bits per heavy atom. The standard InChI is InChI=1S/C18H29N3O.ClH/c1-14-6-4-5-7-16(14)8-10-20-17(22)15(2)21-11-9-18(3,12-19)13-21;/h4-7,15H,8-13,19H2,1-3H3,(H,20,22);1H. The van der Waals surface area contributed by atoms with Crippen LogP contribution >= 0.6 is 12.4 Å². The van der Waals surface area contributed by atoms with Gasteiger partial charge < -0.3 is 11.1 Å². The molecule has 2 atom stereocenters. The number of amides is 1. The fourth-order valence-corrected chi connectivity index (χ4v) is 3.08. The van der Waals surface area contributed by atoms with Gasteiger partial charge in [-0.25, -0.2) is 0 Å². The Morgan fingerprint density at radius 1 is 1.43 bits per heavy atom. The lowest BCUT2D eigenvalue weighted by atomic mass is 9.90. The van der Waals surface area contributed by atoms with E-state index < -0.39 is 0 Å². The largest absolute Gasteiger partial charge is 0.354 e. The maximum atomic E-state index is 12.3. The topological polar surface area (TPSA) is 58.4 Å². The van der Waals surface area contributed by atoms with Crippen molar-refractivity contribution in [2.24, 2.45) is 11.1 Å². The third-order valence-electron chi connectivity index (χ3n) is 4.96. The molecule has 2 rings (SSSR count). The van der Waals surface area contributed by atoms with E-state index >= 15 is 0 Å². The molecule has 0 bridgehead atoms. The number of hydrogen-bond donors (Lipinski definition) is 2. The van der Waals surface area contributed by atoms with E-state index in [2.05, 4.69) is 36.2 Å². The molecule has 1 fully saturated rings. The Labute approximate surface area is 146 Å². The van der Waals surface area contributed by atoms with Crippen molar-refractivity contribution in [1.82, 2.24) is 10.2 Å². The molecule has 0 saturated carbocycles. The van der Waals surface area contributed by atoms with E-state index in [4.69, 9.17) is 5.73 Å². The quantitative estimate of drug-likeness (QED) is 0.834. The number of hydrogen-bond acceptors (Lipinski definition) is 3. The van der Waals surface area contributed by atoms with Crippen molar-refractivity contribution in [1.29, 1.82) is 0 Å². The first-order chi connectivity index (χ1) is 10.4. The molecule has 4 nitrogen and oxygen atoms in total. The highest BCUT2D eigenvalue weighted by Gasteiger charge is 2.36. The molecule has 1 saturated heterocycles. The first-order valence-corrected chi connectivity index (χ1v) is 8.21. The van der Waals surface area contributed by atoms with Crippen molar-refractivity contribution >= 4 is 18.3 Å². The van der Waals surface area contributed by atoms with Gasteiger partial charge in [0, 0.05) is 13.1 Å². The SMILES string of the molecule is Cc1ccccc1CCNC(=O)C(C)N1CCC(C)(CN)C1.Cl. The summed E-state index contributed by atoms with van der Waals surface area (Å²) in [4.78, 5) is 14.6. The summed E-state index contributed by atoms with van der Waals surface area (Å²) >= 11 is 0. The smallest absolute Gasteiger partial charge is 0.237 e. The van der Waals surface area contributed by atoms with Crippen LogP contribution in [0.3, 0.4) is 0 Å². The van der Waals surface area contributed by atoms with Crippen molar-refractivity contribution in [3.63, 3.8) is 0 Å². The lowest BCUT2D eigenvalue weighted by molar-refractivity contribution is -0.125. The zero-order valence-electron chi connectivity index (χ0n) is 14.5. The number of nitrogens with one attached hydrogen (secondary N) is 1. The van der Waals surface area contributed by atoms with E-state index in [1.54, 1.807) is 0 Å². The molecule has 1 heterocycles. The predicted octanol–water partition coefficient (Wildman–Crippen LogP) is 2.13. The molecule has 1 aromatic rings. The number of benzene rings is 1. The molecular formula is C18H30ClN3O. The Bertz CT molecular complexity index is 523. The van der Waals surface area contributed by atoms with Gasteiger partial charge in [-0.3, -0.25) is 9.69 Å². The van der Waals surface area contributed by atoms with Crippen LogP contribution in [0.5, 0.6) is 0 Å². The molecule has 0 radical (unpaired) electrons. The molecule has 3 N–H and O–H groups in total. The molecule has 2 unspecified atom stereocenters. The van der Waals surface area contributed by atoms with Crippen molar-refractivity contribution in [2.75, 3.05) is 26.2 Å². The zero-order chi connectivity index (χ0) is 16.2. The lowest BCUT2D eigenvalue weighted by Gasteiger charge is -2.26. The molecule has 1 amide bonds. The normalized spacial score (nSPS) is 22.4. The van der Waals surface area contributed by atoms with E-state index in [1.165, 1.54) is 11.1 Å². The average molecular weight is 340 g/mol. The van der Waals surface area contributed by atoms with Gasteiger partial charge in [-0.05, 0) is 56.3 Å². The highest BCUT2D eigenvalue weighted by atomic mass is 35.5. The Hall–Kier alpha value is -1.10. The Kier molecular flexibility index (Phi) is 7.52. The van der Waals surface area contributed by atoms with Gasteiger partial charge in [0.1, 0.15) is 0 Å². The molecule has 1 aliphatic rings. The van der Waals surface area contributed by atoms with Gasteiger partial charge in [-0.15, -0.1) is 12.4 Å². The fourth-order valence-electron chi connectivity index (χ4n) is 3.08. The first kappa shape index (κ1) is 19.9. The van der Waals surface area contributed by atoms with Gasteiger partial charge in [0.25, 0.3) is 0 Å². The summed E-state index contributed by atoms with van der Waals surface area (Å²) in [5.41, 5.74) is 8.58. The minimum absolute atomic E-state index is 0. The monoisotopic (exact) mass is 339 g/mol. The van der Waals surface area contributed by atoms with Crippen LogP contribution in [-0.4, -0.2) is 43.0 Å². The molecule has 1 aromatic carbocycles. The average Bonchev–Trinajstić information content (AvgIpc) is 2.91. The van der Waals surface area contributed by atoms with Crippen LogP contribution in [0.25, 0.3) is 0 Å². The van der Waals surface area contributed by atoms with Gasteiger partial charge in [0.15, 0.2) is 0 Å². The second-order valence-corrected chi connectivity index (χ2v) is 6.88. The summed E-state index contributed by atoms with van der Waals surface area (Å²) in [5.74, 6) is 0.120. The minimum Gasteiger partial charge on any atom is -0.354 e. The van der Waals surface area contributed by atoms with Crippen molar-refractivity contribution < 1.29 is 4.79 Å². The molecule has 0 aliphatic carbocycles. The summed E-state index contributed by atoms with van der Waals surface area (Å²) in [6.45, 7) is 9.55. The zero-order valence-corrected chi connectivity index (χ0v) is 15.3. The minimum atomic E-state index is -0.0785. The number of nitrogens with zero attached hydrogens (tertiary/aromatic N) is 1. The van der Waals surface area contributed by atoms with Gasteiger partial charge in [0.2, 0.25) is 5.91 Å². The summed E-state index contributed by atoms with van der Waals surface area (Å²) in [5, 5.41) is 3.07. The van der Waals surface area contributed by atoms with Gasteiger partial charge >= 0.3 is 0 Å². The van der Waals surface area contributed by atoms with Crippen LogP contribution in [0.15, 0.2) is 24.3 Å². The molecule has 5 heteroatoms. The molecule has 1 aliphatic heterocycles. The maximum Gasteiger partial charge on any atom is 0.237 e. The molecular weight excluding hydrogens is 310 g/mol. The number of aryl methyl sites for hydroxylation is 1.